The number of rotatable bonds is 13. The zero-order valence-corrected chi connectivity index (χ0v) is 35.3. The number of ether oxygens (including phenoxy) is 1. The molecule has 3 aliphatic rings. The number of fused-ring (bicyclic) bond motifs is 3. The number of amides is 2. The fourth-order valence-electron chi connectivity index (χ4n) is 8.30. The second-order valence-electron chi connectivity index (χ2n) is 17.5. The van der Waals surface area contributed by atoms with Crippen LogP contribution >= 0.6 is 11.3 Å². The summed E-state index contributed by atoms with van der Waals surface area (Å²) in [7, 11) is -3.92. The molecule has 61 heavy (non-hydrogen) atoms. The molecule has 3 aromatic carbocycles. The number of halogens is 4. The number of nitrogens with zero attached hydrogens (tertiary/aromatic N) is 3. The van der Waals surface area contributed by atoms with E-state index in [-0.39, 0.29) is 49.8 Å². The van der Waals surface area contributed by atoms with Crippen LogP contribution in [0.4, 0.5) is 17.6 Å². The minimum atomic E-state index is -4.55. The molecular formula is C45H44F4N4O6S2. The molecule has 5 atom stereocenters. The third-order valence-corrected chi connectivity index (χ3v) is 15.1. The Morgan fingerprint density at radius 2 is 1.70 bits per heavy atom. The monoisotopic (exact) mass is 876 g/mol. The SMILES string of the molecule is C=C[C@@H]1C[C@]1(CC(=O)[C@@H]1C[C@@H](Oc2nc(-c3ccc(C(F)(F)F)cc3)nc3c2sc2ccccc23)CN1C(=O)[C@@H](Cc1ccc(F)cc1)C(C)(C)C)C(=O)NS(=O)(=O)C1CC1. The maximum absolute atomic E-state index is 14.9. The number of nitrogens with one attached hydrogen (secondary N) is 1. The zero-order valence-electron chi connectivity index (χ0n) is 33.7. The van der Waals surface area contributed by atoms with Gasteiger partial charge >= 0.3 is 6.18 Å². The number of sulfonamides is 1. The van der Waals surface area contributed by atoms with Gasteiger partial charge in [-0.3, -0.25) is 19.1 Å². The number of hydrogen-bond acceptors (Lipinski definition) is 9. The summed E-state index contributed by atoms with van der Waals surface area (Å²) < 4.78 is 90.3. The average Bonchev–Trinajstić information content (AvgIpc) is 4.11. The Hall–Kier alpha value is -5.22. The van der Waals surface area contributed by atoms with Crippen LogP contribution in [-0.4, -0.2) is 64.8 Å². The van der Waals surface area contributed by atoms with E-state index in [1.807, 2.05) is 45.0 Å². The average molecular weight is 877 g/mol. The summed E-state index contributed by atoms with van der Waals surface area (Å²) in [6.07, 6.45) is -2.84. The number of allylic oxidation sites excluding steroid dienone is 1. The first-order valence-electron chi connectivity index (χ1n) is 20.1. The van der Waals surface area contributed by atoms with Gasteiger partial charge in [-0.25, -0.2) is 17.8 Å². The number of carbonyl (C=O) groups excluding carboxylic acids is 3. The van der Waals surface area contributed by atoms with E-state index in [9.17, 15) is 40.4 Å². The van der Waals surface area contributed by atoms with Gasteiger partial charge in [0.1, 0.15) is 16.6 Å². The molecule has 16 heteroatoms. The summed E-state index contributed by atoms with van der Waals surface area (Å²) in [6.45, 7) is 9.47. The normalized spacial score (nSPS) is 22.3. The predicted octanol–water partition coefficient (Wildman–Crippen LogP) is 8.68. The van der Waals surface area contributed by atoms with E-state index in [4.69, 9.17) is 14.7 Å². The van der Waals surface area contributed by atoms with Gasteiger partial charge < -0.3 is 9.64 Å². The van der Waals surface area contributed by atoms with Gasteiger partial charge in [-0.15, -0.1) is 17.9 Å². The lowest BCUT2D eigenvalue weighted by atomic mass is 9.76. The Morgan fingerprint density at radius 3 is 2.33 bits per heavy atom. The van der Waals surface area contributed by atoms with Gasteiger partial charge in [0.15, 0.2) is 11.6 Å². The third kappa shape index (κ3) is 8.53. The topological polar surface area (TPSA) is 136 Å². The lowest BCUT2D eigenvalue weighted by Gasteiger charge is -2.35. The molecule has 1 N–H and O–H groups in total. The van der Waals surface area contributed by atoms with Crippen molar-refractivity contribution in [3.05, 3.63) is 102 Å². The molecule has 320 valence electrons. The first-order valence-corrected chi connectivity index (χ1v) is 22.4. The van der Waals surface area contributed by atoms with Crippen molar-refractivity contribution in [2.75, 3.05) is 6.54 Å². The van der Waals surface area contributed by atoms with Crippen molar-refractivity contribution in [2.45, 2.75) is 82.9 Å². The highest BCUT2D eigenvalue weighted by Crippen LogP contribution is 2.57. The Bertz CT molecular complexity index is 2660. The summed E-state index contributed by atoms with van der Waals surface area (Å²) in [5, 5.41) is 0.122. The van der Waals surface area contributed by atoms with E-state index in [0.717, 1.165) is 22.2 Å². The molecule has 3 fully saturated rings. The van der Waals surface area contributed by atoms with Gasteiger partial charge in [0.05, 0.1) is 34.3 Å². The van der Waals surface area contributed by atoms with Crippen molar-refractivity contribution in [3.63, 3.8) is 0 Å². The molecule has 5 aromatic rings. The zero-order chi connectivity index (χ0) is 43.6. The van der Waals surface area contributed by atoms with Crippen LogP contribution in [0.2, 0.25) is 0 Å². The van der Waals surface area contributed by atoms with Crippen LogP contribution < -0.4 is 9.46 Å². The number of ketones is 1. The van der Waals surface area contributed by atoms with Crippen LogP contribution in [-0.2, 0) is 37.0 Å². The molecule has 2 amide bonds. The van der Waals surface area contributed by atoms with Crippen LogP contribution in [0.5, 0.6) is 5.88 Å². The fourth-order valence-corrected chi connectivity index (χ4v) is 10.8. The highest BCUT2D eigenvalue weighted by atomic mass is 32.2. The summed E-state index contributed by atoms with van der Waals surface area (Å²) >= 11 is 1.36. The molecule has 2 saturated carbocycles. The highest BCUT2D eigenvalue weighted by Gasteiger charge is 2.61. The predicted molar refractivity (Wildman–Crippen MR) is 223 cm³/mol. The van der Waals surface area contributed by atoms with E-state index in [1.165, 1.54) is 46.6 Å². The Kier molecular flexibility index (Phi) is 10.9. The standard InChI is InChI=1S/C45H44F4N4O6S2/c1-5-27-22-44(27,42(56)52-61(57,58)31-18-19-31)23-35(54)34-21-30(24-53(34)41(55)33(43(2,3)4)20-25-10-16-29(46)17-11-25)59-40-38-37(32-8-6-7-9-36(32)60-38)50-39(51-40)26-12-14-28(15-13-26)45(47,48)49/h5-17,27,30-31,33-34H,1,18-24H2,2-4H3,(H,52,56)/t27-,30-,33-,34+,44-/m1/s1. The number of Topliss-reactive ketones (excluding diaryl/α,β-unsaturated/α-hetero) is 1. The van der Waals surface area contributed by atoms with E-state index < -0.39 is 79.3 Å². The largest absolute Gasteiger partial charge is 0.471 e. The Morgan fingerprint density at radius 1 is 1.02 bits per heavy atom. The van der Waals surface area contributed by atoms with Crippen LogP contribution in [0.15, 0.2) is 85.5 Å². The minimum Gasteiger partial charge on any atom is -0.471 e. The minimum absolute atomic E-state index is 0.000810. The Labute approximate surface area is 354 Å². The van der Waals surface area contributed by atoms with Crippen LogP contribution in [0.25, 0.3) is 31.7 Å². The number of thiophene rings is 1. The summed E-state index contributed by atoms with van der Waals surface area (Å²) in [5.41, 5.74) is -1.28. The lowest BCUT2D eigenvalue weighted by molar-refractivity contribution is -0.144. The van der Waals surface area contributed by atoms with Crippen molar-refractivity contribution < 1.29 is 45.1 Å². The molecule has 0 bridgehead atoms. The van der Waals surface area contributed by atoms with E-state index in [0.29, 0.717) is 34.2 Å². The fraction of sp³-hybridized carbons (Fsp3) is 0.400. The molecule has 1 aliphatic heterocycles. The molecule has 0 spiro atoms. The maximum atomic E-state index is 14.9. The van der Waals surface area contributed by atoms with E-state index in [2.05, 4.69) is 11.3 Å². The van der Waals surface area contributed by atoms with E-state index >= 15 is 0 Å². The van der Waals surface area contributed by atoms with Crippen LogP contribution in [0.3, 0.4) is 0 Å². The highest BCUT2D eigenvalue weighted by molar-refractivity contribution is 7.90. The van der Waals surface area contributed by atoms with Crippen molar-refractivity contribution in [2.24, 2.45) is 22.7 Å². The van der Waals surface area contributed by atoms with Gasteiger partial charge in [0, 0.05) is 34.4 Å². The van der Waals surface area contributed by atoms with E-state index in [1.54, 1.807) is 12.1 Å². The number of carbonyl (C=O) groups is 3. The second-order valence-corrected chi connectivity index (χ2v) is 20.5. The van der Waals surface area contributed by atoms with Crippen molar-refractivity contribution >= 4 is 59.3 Å². The number of aromatic nitrogens is 2. The summed E-state index contributed by atoms with van der Waals surface area (Å²) in [5.74, 6) is -2.90. The second kappa shape index (κ2) is 15.6. The number of benzene rings is 3. The first kappa shape index (κ1) is 42.5. The number of likely N-dealkylation sites (tertiary alicyclic amines) is 1. The van der Waals surface area contributed by atoms with Crippen molar-refractivity contribution in [3.8, 4) is 17.3 Å². The molecule has 0 radical (unpaired) electrons. The molecule has 1 saturated heterocycles. The van der Waals surface area contributed by atoms with Crippen molar-refractivity contribution in [1.29, 1.82) is 0 Å². The van der Waals surface area contributed by atoms with Crippen LogP contribution in [0, 0.1) is 28.5 Å². The molecule has 2 aromatic heterocycles. The molecule has 8 rings (SSSR count). The van der Waals surface area contributed by atoms with Crippen molar-refractivity contribution in [1.82, 2.24) is 19.6 Å². The van der Waals surface area contributed by atoms with Gasteiger partial charge in [-0.2, -0.15) is 18.2 Å². The summed E-state index contributed by atoms with van der Waals surface area (Å²) in [6, 6.07) is 16.7. The molecular weight excluding hydrogens is 833 g/mol. The van der Waals surface area contributed by atoms with Gasteiger partial charge in [0.2, 0.25) is 27.7 Å². The number of hydrogen-bond donors (Lipinski definition) is 1. The molecule has 3 heterocycles. The Balaban J connectivity index is 1.15. The van der Waals surface area contributed by atoms with Crippen LogP contribution in [0.1, 0.15) is 64.0 Å². The van der Waals surface area contributed by atoms with Gasteiger partial charge in [0.25, 0.3) is 0 Å². The molecule has 0 unspecified atom stereocenters. The summed E-state index contributed by atoms with van der Waals surface area (Å²) in [4.78, 5) is 54.3. The lowest BCUT2D eigenvalue weighted by Crippen LogP contribution is -2.48. The maximum Gasteiger partial charge on any atom is 0.416 e. The smallest absolute Gasteiger partial charge is 0.416 e. The first-order chi connectivity index (χ1) is 28.8. The molecule has 2 aliphatic carbocycles. The number of alkyl halides is 3. The third-order valence-electron chi connectivity index (χ3n) is 12.1. The quantitative estimate of drug-likeness (QED) is 0.0918. The molecule has 10 nitrogen and oxygen atoms in total. The van der Waals surface area contributed by atoms with Gasteiger partial charge in [-0.1, -0.05) is 69.3 Å². The van der Waals surface area contributed by atoms with Gasteiger partial charge in [-0.05, 0) is 72.9 Å².